The predicted octanol–water partition coefficient (Wildman–Crippen LogP) is 1.00. The Bertz CT molecular complexity index is 478. The van der Waals surface area contributed by atoms with Crippen LogP contribution in [0.5, 0.6) is 5.75 Å². The first-order valence-electron chi connectivity index (χ1n) is 5.71. The summed E-state index contributed by atoms with van der Waals surface area (Å²) in [5.74, 6) is 0.854. The Morgan fingerprint density at radius 1 is 1.29 bits per heavy atom. The highest BCUT2D eigenvalue weighted by atomic mass is 16.5. The molecule has 1 aliphatic heterocycles. The minimum atomic E-state index is 0.452. The molecule has 5 heteroatoms. The number of benzene rings is 1. The van der Waals surface area contributed by atoms with Gasteiger partial charge in [0.2, 0.25) is 0 Å². The molecular formula is C12H14N4O. The maximum absolute atomic E-state index is 5.61. The van der Waals surface area contributed by atoms with Crippen molar-refractivity contribution in [1.29, 1.82) is 0 Å². The van der Waals surface area contributed by atoms with Gasteiger partial charge in [-0.2, -0.15) is 0 Å². The van der Waals surface area contributed by atoms with Crippen molar-refractivity contribution < 1.29 is 4.74 Å². The predicted molar refractivity (Wildman–Crippen MR) is 62.7 cm³/mol. The quantitative estimate of drug-likeness (QED) is 0.851. The van der Waals surface area contributed by atoms with Crippen LogP contribution in [-0.2, 0) is 6.61 Å². The van der Waals surface area contributed by atoms with Crippen LogP contribution in [0.1, 0.15) is 11.7 Å². The van der Waals surface area contributed by atoms with E-state index in [1.165, 1.54) is 0 Å². The summed E-state index contributed by atoms with van der Waals surface area (Å²) in [6, 6.07) is 10.2. The summed E-state index contributed by atoms with van der Waals surface area (Å²) >= 11 is 0. The van der Waals surface area contributed by atoms with E-state index in [4.69, 9.17) is 4.74 Å². The molecule has 0 unspecified atom stereocenters. The molecule has 2 heterocycles. The van der Waals surface area contributed by atoms with Crippen molar-refractivity contribution in [2.75, 3.05) is 13.1 Å². The van der Waals surface area contributed by atoms with Gasteiger partial charge in [-0.15, -0.1) is 5.10 Å². The van der Waals surface area contributed by atoms with E-state index in [0.717, 1.165) is 24.5 Å². The van der Waals surface area contributed by atoms with Gasteiger partial charge in [-0.05, 0) is 12.1 Å². The van der Waals surface area contributed by atoms with Crippen LogP contribution in [0.15, 0.2) is 36.5 Å². The Balaban J connectivity index is 1.60. The summed E-state index contributed by atoms with van der Waals surface area (Å²) in [6.07, 6.45) is 1.95. The van der Waals surface area contributed by atoms with E-state index in [-0.39, 0.29) is 0 Å². The van der Waals surface area contributed by atoms with Crippen molar-refractivity contribution in [3.63, 3.8) is 0 Å². The fourth-order valence-electron chi connectivity index (χ4n) is 1.69. The molecule has 1 fully saturated rings. The van der Waals surface area contributed by atoms with E-state index >= 15 is 0 Å². The molecule has 17 heavy (non-hydrogen) atoms. The first-order chi connectivity index (χ1) is 8.42. The van der Waals surface area contributed by atoms with E-state index in [9.17, 15) is 0 Å². The fraction of sp³-hybridized carbons (Fsp3) is 0.333. The van der Waals surface area contributed by atoms with Crippen LogP contribution in [-0.4, -0.2) is 28.1 Å². The van der Waals surface area contributed by atoms with Crippen molar-refractivity contribution in [1.82, 2.24) is 20.3 Å². The number of rotatable bonds is 4. The molecule has 5 nitrogen and oxygen atoms in total. The lowest BCUT2D eigenvalue weighted by Gasteiger charge is -2.26. The third-order valence-electron chi connectivity index (χ3n) is 2.82. The summed E-state index contributed by atoms with van der Waals surface area (Å²) in [7, 11) is 0. The number of para-hydroxylation sites is 1. The van der Waals surface area contributed by atoms with Gasteiger partial charge >= 0.3 is 0 Å². The number of aromatic nitrogens is 3. The SMILES string of the molecule is c1ccc(OCc2cn(C3CNC3)nn2)cc1. The molecule has 0 aliphatic carbocycles. The highest BCUT2D eigenvalue weighted by Gasteiger charge is 2.19. The van der Waals surface area contributed by atoms with E-state index in [1.807, 2.05) is 41.2 Å². The lowest BCUT2D eigenvalue weighted by atomic mass is 10.2. The lowest BCUT2D eigenvalue weighted by molar-refractivity contribution is 0.300. The second kappa shape index (κ2) is 4.55. The Kier molecular flexibility index (Phi) is 2.75. The number of hydrogen-bond acceptors (Lipinski definition) is 4. The number of hydrogen-bond donors (Lipinski definition) is 1. The molecule has 0 radical (unpaired) electrons. The number of nitrogens with one attached hydrogen (secondary N) is 1. The Hall–Kier alpha value is -1.88. The van der Waals surface area contributed by atoms with Gasteiger partial charge in [0, 0.05) is 13.1 Å². The fourth-order valence-corrected chi connectivity index (χ4v) is 1.69. The first-order valence-corrected chi connectivity index (χ1v) is 5.71. The molecule has 3 rings (SSSR count). The summed E-state index contributed by atoms with van der Waals surface area (Å²) in [4.78, 5) is 0. The van der Waals surface area contributed by atoms with Crippen molar-refractivity contribution >= 4 is 0 Å². The van der Waals surface area contributed by atoms with Gasteiger partial charge in [-0.1, -0.05) is 23.4 Å². The largest absolute Gasteiger partial charge is 0.487 e. The molecule has 0 bridgehead atoms. The van der Waals surface area contributed by atoms with E-state index < -0.39 is 0 Å². The lowest BCUT2D eigenvalue weighted by Crippen LogP contribution is -2.43. The van der Waals surface area contributed by atoms with Crippen LogP contribution in [0, 0.1) is 0 Å². The Morgan fingerprint density at radius 2 is 2.12 bits per heavy atom. The van der Waals surface area contributed by atoms with Gasteiger partial charge in [0.15, 0.2) is 0 Å². The van der Waals surface area contributed by atoms with Crippen LogP contribution in [0.4, 0.5) is 0 Å². The molecule has 0 spiro atoms. The van der Waals surface area contributed by atoms with Crippen molar-refractivity contribution in [2.24, 2.45) is 0 Å². The van der Waals surface area contributed by atoms with Gasteiger partial charge < -0.3 is 10.1 Å². The molecule has 88 valence electrons. The molecular weight excluding hydrogens is 216 g/mol. The van der Waals surface area contributed by atoms with Gasteiger partial charge in [-0.25, -0.2) is 4.68 Å². The van der Waals surface area contributed by atoms with Crippen molar-refractivity contribution in [3.8, 4) is 5.75 Å². The topological polar surface area (TPSA) is 52.0 Å². The maximum Gasteiger partial charge on any atom is 0.134 e. The van der Waals surface area contributed by atoms with Crippen molar-refractivity contribution in [2.45, 2.75) is 12.6 Å². The van der Waals surface area contributed by atoms with Crippen LogP contribution in [0.25, 0.3) is 0 Å². The monoisotopic (exact) mass is 230 g/mol. The zero-order valence-electron chi connectivity index (χ0n) is 9.41. The summed E-state index contributed by atoms with van der Waals surface area (Å²) in [5.41, 5.74) is 0.862. The summed E-state index contributed by atoms with van der Waals surface area (Å²) < 4.78 is 7.51. The molecule has 0 amide bonds. The Labute approximate surface area is 99.4 Å². The smallest absolute Gasteiger partial charge is 0.134 e. The molecule has 1 N–H and O–H groups in total. The molecule has 0 atom stereocenters. The average molecular weight is 230 g/mol. The standard InChI is InChI=1S/C12H14N4O/c1-2-4-12(5-3-1)17-9-10-8-16(15-14-10)11-6-13-7-11/h1-5,8,11,13H,6-7,9H2. The van der Waals surface area contributed by atoms with E-state index in [1.54, 1.807) is 0 Å². The van der Waals surface area contributed by atoms with Gasteiger partial charge in [0.05, 0.1) is 12.2 Å². The third-order valence-corrected chi connectivity index (χ3v) is 2.82. The maximum atomic E-state index is 5.61. The second-order valence-electron chi connectivity index (χ2n) is 4.10. The zero-order chi connectivity index (χ0) is 11.5. The highest BCUT2D eigenvalue weighted by molar-refractivity contribution is 5.21. The third kappa shape index (κ3) is 2.29. The number of nitrogens with zero attached hydrogens (tertiary/aromatic N) is 3. The van der Waals surface area contributed by atoms with Crippen LogP contribution < -0.4 is 10.1 Å². The molecule has 1 aromatic heterocycles. The van der Waals surface area contributed by atoms with Crippen LogP contribution in [0.2, 0.25) is 0 Å². The van der Waals surface area contributed by atoms with Gasteiger partial charge in [0.25, 0.3) is 0 Å². The summed E-state index contributed by atoms with van der Waals surface area (Å²) in [6.45, 7) is 2.41. The Morgan fingerprint density at radius 3 is 2.82 bits per heavy atom. The van der Waals surface area contributed by atoms with Gasteiger partial charge in [-0.3, -0.25) is 0 Å². The highest BCUT2D eigenvalue weighted by Crippen LogP contribution is 2.12. The van der Waals surface area contributed by atoms with E-state index in [0.29, 0.717) is 12.6 Å². The second-order valence-corrected chi connectivity index (χ2v) is 4.10. The molecule has 1 aromatic carbocycles. The first kappa shape index (κ1) is 10.3. The number of ether oxygens (including phenoxy) is 1. The van der Waals surface area contributed by atoms with Gasteiger partial charge in [0.1, 0.15) is 18.1 Å². The molecule has 1 saturated heterocycles. The molecule has 1 aliphatic rings. The zero-order valence-corrected chi connectivity index (χ0v) is 9.41. The van der Waals surface area contributed by atoms with E-state index in [2.05, 4.69) is 15.6 Å². The minimum absolute atomic E-state index is 0.452. The van der Waals surface area contributed by atoms with Crippen LogP contribution in [0.3, 0.4) is 0 Å². The summed E-state index contributed by atoms with van der Waals surface area (Å²) in [5, 5.41) is 11.4. The normalized spacial score (nSPS) is 15.5. The van der Waals surface area contributed by atoms with Crippen molar-refractivity contribution in [3.05, 3.63) is 42.2 Å². The van der Waals surface area contributed by atoms with Crippen LogP contribution >= 0.6 is 0 Å². The molecule has 2 aromatic rings. The molecule has 0 saturated carbocycles. The average Bonchev–Trinajstić information content (AvgIpc) is 2.74. The minimum Gasteiger partial charge on any atom is -0.487 e.